The topological polar surface area (TPSA) is 237 Å². The van der Waals surface area contributed by atoms with Crippen molar-refractivity contribution in [2.24, 2.45) is 11.7 Å². The summed E-state index contributed by atoms with van der Waals surface area (Å²) < 4.78 is 0. The molecule has 3 amide bonds. The van der Waals surface area contributed by atoms with E-state index in [1.54, 1.807) is 13.8 Å². The zero-order valence-electron chi connectivity index (χ0n) is 18.3. The number of aliphatic hydroxyl groups excluding tert-OH is 1. The summed E-state index contributed by atoms with van der Waals surface area (Å²) in [5.41, 5.74) is 5.91. The van der Waals surface area contributed by atoms with Gasteiger partial charge >= 0.3 is 11.9 Å². The molecule has 0 saturated carbocycles. The van der Waals surface area contributed by atoms with Crippen LogP contribution in [-0.2, 0) is 30.4 Å². The minimum absolute atomic E-state index is 0.109. The molecule has 0 aromatic carbocycles. The Hall–Kier alpha value is -3.52. The number of amides is 3. The molecule has 1 aromatic rings. The van der Waals surface area contributed by atoms with Crippen molar-refractivity contribution in [3.05, 3.63) is 18.2 Å². The van der Waals surface area contributed by atoms with Gasteiger partial charge in [0.05, 0.1) is 19.4 Å². The molecule has 0 aliphatic carbocycles. The first-order valence-corrected chi connectivity index (χ1v) is 10.2. The van der Waals surface area contributed by atoms with E-state index in [0.29, 0.717) is 12.1 Å². The lowest BCUT2D eigenvalue weighted by molar-refractivity contribution is -0.144. The van der Waals surface area contributed by atoms with Gasteiger partial charge in [-0.2, -0.15) is 0 Å². The molecule has 5 unspecified atom stereocenters. The Bertz CT molecular complexity index is 830. The van der Waals surface area contributed by atoms with E-state index in [9.17, 15) is 29.1 Å². The zero-order valence-corrected chi connectivity index (χ0v) is 18.3. The molecular formula is C19H30N6O8. The number of rotatable bonds is 14. The first kappa shape index (κ1) is 27.5. The number of nitrogens with one attached hydrogen (secondary N) is 4. The summed E-state index contributed by atoms with van der Waals surface area (Å²) in [6.07, 6.45) is 2.22. The van der Waals surface area contributed by atoms with Crippen molar-refractivity contribution in [3.8, 4) is 0 Å². The fraction of sp³-hybridized carbons (Fsp3) is 0.579. The van der Waals surface area contributed by atoms with Crippen LogP contribution >= 0.6 is 0 Å². The predicted molar refractivity (Wildman–Crippen MR) is 112 cm³/mol. The van der Waals surface area contributed by atoms with Crippen LogP contribution < -0.4 is 21.7 Å². The van der Waals surface area contributed by atoms with Gasteiger partial charge in [-0.3, -0.25) is 19.2 Å². The van der Waals surface area contributed by atoms with E-state index in [4.69, 9.17) is 15.9 Å². The van der Waals surface area contributed by atoms with Gasteiger partial charge in [0.2, 0.25) is 17.7 Å². The van der Waals surface area contributed by atoms with Gasteiger partial charge < -0.3 is 42.0 Å². The number of hydrogen-bond acceptors (Lipinski definition) is 8. The van der Waals surface area contributed by atoms with Crippen LogP contribution in [0.25, 0.3) is 0 Å². The van der Waals surface area contributed by atoms with E-state index >= 15 is 0 Å². The number of carboxylic acids is 2. The highest BCUT2D eigenvalue weighted by molar-refractivity contribution is 5.95. The van der Waals surface area contributed by atoms with Crippen molar-refractivity contribution in [3.63, 3.8) is 0 Å². The third kappa shape index (κ3) is 8.86. The molecule has 0 radical (unpaired) electrons. The number of carbonyl (C=O) groups is 5. The van der Waals surface area contributed by atoms with Crippen LogP contribution in [0.4, 0.5) is 0 Å². The minimum atomic E-state index is -1.62. The number of aliphatic carboxylic acids is 2. The van der Waals surface area contributed by atoms with Gasteiger partial charge in [0.25, 0.3) is 0 Å². The van der Waals surface area contributed by atoms with E-state index in [1.807, 2.05) is 0 Å². The first-order valence-electron chi connectivity index (χ1n) is 10.2. The summed E-state index contributed by atoms with van der Waals surface area (Å²) in [6, 6.07) is -5.52. The third-order valence-electron chi connectivity index (χ3n) is 4.93. The molecule has 0 bridgehead atoms. The van der Waals surface area contributed by atoms with Gasteiger partial charge in [0, 0.05) is 18.3 Å². The van der Waals surface area contributed by atoms with E-state index in [1.165, 1.54) is 12.5 Å². The number of nitrogens with two attached hydrogens (primary N) is 1. The summed E-state index contributed by atoms with van der Waals surface area (Å²) in [4.78, 5) is 66.9. The van der Waals surface area contributed by atoms with Gasteiger partial charge in [-0.05, 0) is 5.92 Å². The Morgan fingerprint density at radius 2 is 1.67 bits per heavy atom. The van der Waals surface area contributed by atoms with Crippen molar-refractivity contribution < 1.29 is 39.3 Å². The first-order chi connectivity index (χ1) is 15.5. The second-order valence-electron chi connectivity index (χ2n) is 7.50. The summed E-state index contributed by atoms with van der Waals surface area (Å²) >= 11 is 0. The summed E-state index contributed by atoms with van der Waals surface area (Å²) in [5.74, 6) is -5.95. The fourth-order valence-corrected chi connectivity index (χ4v) is 2.78. The molecule has 5 atom stereocenters. The number of imidazole rings is 1. The van der Waals surface area contributed by atoms with E-state index in [-0.39, 0.29) is 6.42 Å². The molecule has 1 heterocycles. The lowest BCUT2D eigenvalue weighted by Gasteiger charge is -2.25. The Balaban J connectivity index is 3.06. The SMILES string of the molecule is CCC(C)C(NC(=O)C(CC(=O)O)NC(=O)C(Cc1cnc[nH]1)NC(=O)C(N)CO)C(=O)O. The van der Waals surface area contributed by atoms with Gasteiger partial charge in [0.1, 0.15) is 24.2 Å². The number of H-pyrrole nitrogens is 1. The lowest BCUT2D eigenvalue weighted by atomic mass is 9.98. The van der Waals surface area contributed by atoms with Crippen molar-refractivity contribution in [2.45, 2.75) is 57.3 Å². The highest BCUT2D eigenvalue weighted by atomic mass is 16.4. The number of aromatic amines is 1. The summed E-state index contributed by atoms with van der Waals surface area (Å²) in [6.45, 7) is 2.65. The molecule has 1 rings (SSSR count). The molecule has 1 aromatic heterocycles. The molecule has 0 aliphatic rings. The molecule has 184 valence electrons. The van der Waals surface area contributed by atoms with Crippen LogP contribution in [0.5, 0.6) is 0 Å². The minimum Gasteiger partial charge on any atom is -0.481 e. The van der Waals surface area contributed by atoms with Crippen LogP contribution in [-0.4, -0.2) is 85.7 Å². The number of carboxylic acid groups (broad SMARTS) is 2. The molecule has 0 saturated heterocycles. The second kappa shape index (κ2) is 13.1. The number of aliphatic hydroxyl groups is 1. The van der Waals surface area contributed by atoms with Gasteiger partial charge in [0.15, 0.2) is 0 Å². The molecule has 0 fully saturated rings. The standard InChI is InChI=1S/C19H30N6O8/c1-3-9(2)15(19(32)33)25-18(31)13(5-14(27)28)24-17(30)12(4-10-6-21-8-22-10)23-16(29)11(20)7-26/h6,8-9,11-13,15,26H,3-5,7,20H2,1-2H3,(H,21,22)(H,23,29)(H,24,30)(H,25,31)(H,27,28)(H,32,33). The predicted octanol–water partition coefficient (Wildman–Crippen LogP) is -2.67. The Labute approximate surface area is 189 Å². The normalized spacial score (nSPS) is 15.4. The molecule has 9 N–H and O–H groups in total. The molecule has 0 spiro atoms. The lowest BCUT2D eigenvalue weighted by Crippen LogP contribution is -2.58. The average molecular weight is 470 g/mol. The van der Waals surface area contributed by atoms with Crippen molar-refractivity contribution in [1.29, 1.82) is 0 Å². The number of hydrogen-bond donors (Lipinski definition) is 8. The summed E-state index contributed by atoms with van der Waals surface area (Å²) in [7, 11) is 0. The second-order valence-corrected chi connectivity index (χ2v) is 7.50. The Morgan fingerprint density at radius 3 is 2.15 bits per heavy atom. The van der Waals surface area contributed by atoms with Crippen LogP contribution in [0, 0.1) is 5.92 Å². The molecule has 14 heteroatoms. The fourth-order valence-electron chi connectivity index (χ4n) is 2.78. The highest BCUT2D eigenvalue weighted by Crippen LogP contribution is 2.09. The third-order valence-corrected chi connectivity index (χ3v) is 4.93. The molecule has 33 heavy (non-hydrogen) atoms. The highest BCUT2D eigenvalue weighted by Gasteiger charge is 2.33. The smallest absolute Gasteiger partial charge is 0.326 e. The van der Waals surface area contributed by atoms with Crippen LogP contribution in [0.3, 0.4) is 0 Å². The van der Waals surface area contributed by atoms with Crippen molar-refractivity contribution in [1.82, 2.24) is 25.9 Å². The van der Waals surface area contributed by atoms with E-state index < -0.39 is 72.8 Å². The van der Waals surface area contributed by atoms with Crippen molar-refractivity contribution in [2.75, 3.05) is 6.61 Å². The van der Waals surface area contributed by atoms with E-state index in [2.05, 4.69) is 25.9 Å². The van der Waals surface area contributed by atoms with Crippen LogP contribution in [0.15, 0.2) is 12.5 Å². The maximum absolute atomic E-state index is 12.9. The van der Waals surface area contributed by atoms with E-state index in [0.717, 1.165) is 0 Å². The Morgan fingerprint density at radius 1 is 1.06 bits per heavy atom. The Kier molecular flexibility index (Phi) is 10.9. The number of aromatic nitrogens is 2. The zero-order chi connectivity index (χ0) is 25.1. The number of carbonyl (C=O) groups excluding carboxylic acids is 3. The maximum Gasteiger partial charge on any atom is 0.326 e. The van der Waals surface area contributed by atoms with Crippen LogP contribution in [0.1, 0.15) is 32.4 Å². The summed E-state index contributed by atoms with van der Waals surface area (Å²) in [5, 5.41) is 34.4. The van der Waals surface area contributed by atoms with Gasteiger partial charge in [-0.1, -0.05) is 20.3 Å². The monoisotopic (exact) mass is 470 g/mol. The largest absolute Gasteiger partial charge is 0.481 e. The molecule has 0 aliphatic heterocycles. The number of nitrogens with zero attached hydrogens (tertiary/aromatic N) is 1. The maximum atomic E-state index is 12.9. The quantitative estimate of drug-likeness (QED) is 0.140. The molecular weight excluding hydrogens is 440 g/mol. The van der Waals surface area contributed by atoms with Crippen molar-refractivity contribution >= 4 is 29.7 Å². The molecule has 14 nitrogen and oxygen atoms in total. The average Bonchev–Trinajstić information content (AvgIpc) is 3.27. The van der Waals surface area contributed by atoms with Gasteiger partial charge in [-0.15, -0.1) is 0 Å². The van der Waals surface area contributed by atoms with Crippen LogP contribution in [0.2, 0.25) is 0 Å². The van der Waals surface area contributed by atoms with Gasteiger partial charge in [-0.25, -0.2) is 9.78 Å².